The number of carboxylic acids is 1. The van der Waals surface area contributed by atoms with Crippen molar-refractivity contribution in [1.29, 1.82) is 0 Å². The quantitative estimate of drug-likeness (QED) is 0.790. The summed E-state index contributed by atoms with van der Waals surface area (Å²) in [5, 5.41) is 8.70. The fourth-order valence-corrected chi connectivity index (χ4v) is 2.22. The Morgan fingerprint density at radius 3 is 2.63 bits per heavy atom. The summed E-state index contributed by atoms with van der Waals surface area (Å²) in [7, 11) is 3.29. The molecule has 0 atom stereocenters. The molecular weight excluding hydrogens is 246 g/mol. The predicted molar refractivity (Wildman–Crippen MR) is 71.4 cm³/mol. The first-order valence-corrected chi connectivity index (χ1v) is 6.24. The van der Waals surface area contributed by atoms with Crippen LogP contribution in [0.3, 0.4) is 0 Å². The van der Waals surface area contributed by atoms with Crippen molar-refractivity contribution in [1.82, 2.24) is 0 Å². The van der Waals surface area contributed by atoms with Crippen molar-refractivity contribution < 1.29 is 19.4 Å². The van der Waals surface area contributed by atoms with Gasteiger partial charge in [0.25, 0.3) is 0 Å². The lowest BCUT2D eigenvalue weighted by molar-refractivity contribution is -0.219. The fraction of sp³-hybridized carbons (Fsp3) is 0.500. The van der Waals surface area contributed by atoms with Gasteiger partial charge in [-0.2, -0.15) is 0 Å². The Kier molecular flexibility index (Phi) is 4.07. The molecule has 5 nitrogen and oxygen atoms in total. The molecule has 0 bridgehead atoms. The second-order valence-electron chi connectivity index (χ2n) is 4.74. The summed E-state index contributed by atoms with van der Waals surface area (Å²) in [5.41, 5.74) is 2.11. The first-order chi connectivity index (χ1) is 9.08. The molecule has 0 spiro atoms. The molecule has 1 aliphatic heterocycles. The van der Waals surface area contributed by atoms with Crippen LogP contribution < -0.4 is 4.90 Å². The van der Waals surface area contributed by atoms with E-state index in [1.54, 1.807) is 14.2 Å². The Morgan fingerprint density at radius 2 is 2.05 bits per heavy atom. The minimum atomic E-state index is -0.771. The van der Waals surface area contributed by atoms with E-state index in [0.29, 0.717) is 19.5 Å². The normalized spacial score (nSPS) is 17.1. The molecule has 0 aromatic heterocycles. The first kappa shape index (κ1) is 13.8. The lowest BCUT2D eigenvalue weighted by atomic mass is 10.0. The monoisotopic (exact) mass is 265 g/mol. The van der Waals surface area contributed by atoms with E-state index in [4.69, 9.17) is 14.6 Å². The molecule has 19 heavy (non-hydrogen) atoms. The highest BCUT2D eigenvalue weighted by molar-refractivity contribution is 5.67. The number of benzene rings is 1. The average molecular weight is 265 g/mol. The maximum atomic E-state index is 10.6. The van der Waals surface area contributed by atoms with Crippen LogP contribution in [-0.4, -0.2) is 44.2 Å². The summed E-state index contributed by atoms with van der Waals surface area (Å²) in [5.74, 6) is -1.27. The SMILES string of the molecule is COC1(OC)CN(c2cccc(CCC(=O)O)c2)C1. The summed E-state index contributed by atoms with van der Waals surface area (Å²) >= 11 is 0. The van der Waals surface area contributed by atoms with Gasteiger partial charge in [0.1, 0.15) is 0 Å². The second-order valence-corrected chi connectivity index (χ2v) is 4.74. The minimum absolute atomic E-state index is 0.156. The summed E-state index contributed by atoms with van der Waals surface area (Å²) in [6, 6.07) is 7.94. The molecule has 2 rings (SSSR count). The lowest BCUT2D eigenvalue weighted by Crippen LogP contribution is -2.64. The molecule has 5 heteroatoms. The van der Waals surface area contributed by atoms with Gasteiger partial charge in [0.05, 0.1) is 13.1 Å². The van der Waals surface area contributed by atoms with E-state index in [2.05, 4.69) is 4.90 Å². The maximum Gasteiger partial charge on any atom is 0.303 e. The van der Waals surface area contributed by atoms with Crippen LogP contribution >= 0.6 is 0 Å². The number of ether oxygens (including phenoxy) is 2. The Bertz CT molecular complexity index is 449. The number of aryl methyl sites for hydroxylation is 1. The third kappa shape index (κ3) is 3.05. The summed E-state index contributed by atoms with van der Waals surface area (Å²) in [4.78, 5) is 12.7. The number of hydrogen-bond acceptors (Lipinski definition) is 4. The van der Waals surface area contributed by atoms with Crippen molar-refractivity contribution >= 4 is 11.7 Å². The molecule has 0 unspecified atom stereocenters. The van der Waals surface area contributed by atoms with E-state index < -0.39 is 11.8 Å². The molecule has 1 heterocycles. The third-order valence-electron chi connectivity index (χ3n) is 3.51. The van der Waals surface area contributed by atoms with Gasteiger partial charge in [-0.1, -0.05) is 12.1 Å². The Labute approximate surface area is 112 Å². The molecule has 1 aromatic rings. The molecular formula is C14H19NO4. The van der Waals surface area contributed by atoms with Crippen molar-refractivity contribution in [3.8, 4) is 0 Å². The molecule has 1 saturated heterocycles. The van der Waals surface area contributed by atoms with Crippen LogP contribution in [-0.2, 0) is 20.7 Å². The third-order valence-corrected chi connectivity index (χ3v) is 3.51. The van der Waals surface area contributed by atoms with E-state index in [1.807, 2.05) is 24.3 Å². The number of carbonyl (C=O) groups is 1. The van der Waals surface area contributed by atoms with Gasteiger partial charge >= 0.3 is 5.97 Å². The molecule has 0 amide bonds. The molecule has 1 aromatic carbocycles. The fourth-order valence-electron chi connectivity index (χ4n) is 2.22. The first-order valence-electron chi connectivity index (χ1n) is 6.24. The van der Waals surface area contributed by atoms with Gasteiger partial charge in [0, 0.05) is 26.3 Å². The van der Waals surface area contributed by atoms with Crippen molar-refractivity contribution in [3.63, 3.8) is 0 Å². The molecule has 1 N–H and O–H groups in total. The molecule has 104 valence electrons. The Hall–Kier alpha value is -1.59. The zero-order chi connectivity index (χ0) is 13.9. The van der Waals surface area contributed by atoms with Crippen LogP contribution in [0.15, 0.2) is 24.3 Å². The molecule has 0 aliphatic carbocycles. The predicted octanol–water partition coefficient (Wildman–Crippen LogP) is 1.51. The zero-order valence-electron chi connectivity index (χ0n) is 11.3. The second kappa shape index (κ2) is 5.59. The van der Waals surface area contributed by atoms with E-state index in [-0.39, 0.29) is 6.42 Å². The maximum absolute atomic E-state index is 10.6. The molecule has 0 radical (unpaired) electrons. The molecule has 0 saturated carbocycles. The van der Waals surface area contributed by atoms with Crippen LogP contribution in [0, 0.1) is 0 Å². The summed E-state index contributed by atoms with van der Waals surface area (Å²) in [6.45, 7) is 1.37. The number of carboxylic acid groups (broad SMARTS) is 1. The van der Waals surface area contributed by atoms with Crippen molar-refractivity contribution in [2.75, 3.05) is 32.2 Å². The van der Waals surface area contributed by atoms with Gasteiger partial charge in [-0.05, 0) is 24.1 Å². The number of rotatable bonds is 6. The van der Waals surface area contributed by atoms with Crippen molar-refractivity contribution in [2.45, 2.75) is 18.6 Å². The highest BCUT2D eigenvalue weighted by Crippen LogP contribution is 2.31. The van der Waals surface area contributed by atoms with Gasteiger partial charge < -0.3 is 19.5 Å². The lowest BCUT2D eigenvalue weighted by Gasteiger charge is -2.48. The Morgan fingerprint density at radius 1 is 1.37 bits per heavy atom. The van der Waals surface area contributed by atoms with Gasteiger partial charge in [0.15, 0.2) is 0 Å². The number of anilines is 1. The zero-order valence-corrected chi connectivity index (χ0v) is 11.3. The standard InChI is InChI=1S/C14H19NO4/c1-18-14(19-2)9-15(10-14)12-5-3-4-11(8-12)6-7-13(16)17/h3-5,8H,6-7,9-10H2,1-2H3,(H,16,17). The highest BCUT2D eigenvalue weighted by Gasteiger charge is 2.43. The number of hydrogen-bond donors (Lipinski definition) is 1. The minimum Gasteiger partial charge on any atom is -0.481 e. The smallest absolute Gasteiger partial charge is 0.303 e. The van der Waals surface area contributed by atoms with Gasteiger partial charge in [-0.15, -0.1) is 0 Å². The van der Waals surface area contributed by atoms with E-state index in [1.165, 1.54) is 0 Å². The van der Waals surface area contributed by atoms with E-state index in [0.717, 1.165) is 11.3 Å². The number of methoxy groups -OCH3 is 2. The van der Waals surface area contributed by atoms with Crippen molar-refractivity contribution in [2.24, 2.45) is 0 Å². The van der Waals surface area contributed by atoms with Crippen LogP contribution in [0.4, 0.5) is 5.69 Å². The van der Waals surface area contributed by atoms with E-state index >= 15 is 0 Å². The summed E-state index contributed by atoms with van der Waals surface area (Å²) in [6.07, 6.45) is 0.709. The highest BCUT2D eigenvalue weighted by atomic mass is 16.7. The summed E-state index contributed by atoms with van der Waals surface area (Å²) < 4.78 is 10.7. The van der Waals surface area contributed by atoms with E-state index in [9.17, 15) is 4.79 Å². The number of nitrogens with zero attached hydrogens (tertiary/aromatic N) is 1. The van der Waals surface area contributed by atoms with Gasteiger partial charge in [0.2, 0.25) is 5.79 Å². The van der Waals surface area contributed by atoms with Crippen molar-refractivity contribution in [3.05, 3.63) is 29.8 Å². The van der Waals surface area contributed by atoms with Crippen LogP contribution in [0.5, 0.6) is 0 Å². The van der Waals surface area contributed by atoms with Crippen LogP contribution in [0.25, 0.3) is 0 Å². The largest absolute Gasteiger partial charge is 0.481 e. The molecule has 1 fully saturated rings. The van der Waals surface area contributed by atoms with Crippen LogP contribution in [0.1, 0.15) is 12.0 Å². The Balaban J connectivity index is 1.99. The average Bonchev–Trinajstić information content (AvgIpc) is 2.37. The molecule has 1 aliphatic rings. The van der Waals surface area contributed by atoms with Gasteiger partial charge in [-0.3, -0.25) is 4.79 Å². The number of aliphatic carboxylic acids is 1. The van der Waals surface area contributed by atoms with Crippen LogP contribution in [0.2, 0.25) is 0 Å². The van der Waals surface area contributed by atoms with Gasteiger partial charge in [-0.25, -0.2) is 0 Å². The topological polar surface area (TPSA) is 59.0 Å².